The highest BCUT2D eigenvalue weighted by atomic mass is 35.5. The number of hydrogen-bond donors (Lipinski definition) is 2. The number of rotatable bonds is 5. The Bertz CT molecular complexity index is 796. The molecule has 1 fully saturated rings. The lowest BCUT2D eigenvalue weighted by molar-refractivity contribution is -0.185. The lowest BCUT2D eigenvalue weighted by atomic mass is 10.1. The van der Waals surface area contributed by atoms with Gasteiger partial charge in [0.05, 0.1) is 11.4 Å². The fraction of sp³-hybridized carbons (Fsp3) is 0.526. The van der Waals surface area contributed by atoms with Crippen molar-refractivity contribution in [2.45, 2.75) is 32.9 Å². The molecule has 0 radical (unpaired) electrons. The van der Waals surface area contributed by atoms with Crippen LogP contribution in [0.1, 0.15) is 26.7 Å². The van der Waals surface area contributed by atoms with Crippen LogP contribution in [0.2, 0.25) is 5.02 Å². The minimum Gasteiger partial charge on any atom is -0.366 e. The van der Waals surface area contributed by atoms with E-state index in [1.807, 2.05) is 18.7 Å². The molecule has 2 amide bonds. The minimum absolute atomic E-state index is 0.0587. The predicted octanol–water partition coefficient (Wildman–Crippen LogP) is 3.80. The van der Waals surface area contributed by atoms with Crippen LogP contribution in [0, 0.1) is 5.92 Å². The fourth-order valence-electron chi connectivity index (χ4n) is 2.98. The van der Waals surface area contributed by atoms with Crippen LogP contribution in [0.15, 0.2) is 18.2 Å². The second-order valence-corrected chi connectivity index (χ2v) is 8.22. The maximum Gasteiger partial charge on any atom is 0.471 e. The zero-order valence-electron chi connectivity index (χ0n) is 16.7. The molecule has 0 unspecified atom stereocenters. The van der Waals surface area contributed by atoms with Gasteiger partial charge in [-0.15, -0.1) is 0 Å². The Balaban J connectivity index is 2.03. The van der Waals surface area contributed by atoms with Gasteiger partial charge in [-0.05, 0) is 42.8 Å². The summed E-state index contributed by atoms with van der Waals surface area (Å²) in [5.74, 6) is -1.65. The molecule has 0 saturated carbocycles. The Hall–Kier alpha value is -2.07. The summed E-state index contributed by atoms with van der Waals surface area (Å²) in [4.78, 5) is 26.0. The third-order valence-electron chi connectivity index (χ3n) is 4.56. The standard InChI is InChI=1S/C19H24ClF3N4O2S/c1-12(2)3-6-16(28)25-18(30)24-14-11-13(20)4-5-15(14)26-7-9-27(10-8-26)17(29)19(21,22)23/h4-5,11-12H,3,6-10H2,1-2H3,(H2,24,25,28,30). The second-order valence-electron chi connectivity index (χ2n) is 7.37. The minimum atomic E-state index is -4.88. The molecular weight excluding hydrogens is 441 g/mol. The van der Waals surface area contributed by atoms with Gasteiger partial charge in [-0.3, -0.25) is 9.59 Å². The summed E-state index contributed by atoms with van der Waals surface area (Å²) in [6, 6.07) is 4.99. The highest BCUT2D eigenvalue weighted by Gasteiger charge is 2.43. The first-order chi connectivity index (χ1) is 14.0. The van der Waals surface area contributed by atoms with Gasteiger partial charge in [-0.25, -0.2) is 0 Å². The number of anilines is 2. The number of carbonyl (C=O) groups excluding carboxylic acids is 2. The van der Waals surface area contributed by atoms with Crippen molar-refractivity contribution >= 4 is 52.1 Å². The Morgan fingerprint density at radius 2 is 1.83 bits per heavy atom. The maximum absolute atomic E-state index is 12.6. The van der Waals surface area contributed by atoms with Crippen molar-refractivity contribution < 1.29 is 22.8 Å². The summed E-state index contributed by atoms with van der Waals surface area (Å²) < 4.78 is 37.9. The first-order valence-corrected chi connectivity index (χ1v) is 10.3. The van der Waals surface area contributed by atoms with Crippen LogP contribution < -0.4 is 15.5 Å². The van der Waals surface area contributed by atoms with Crippen molar-refractivity contribution in [3.8, 4) is 0 Å². The van der Waals surface area contributed by atoms with Crippen LogP contribution in [0.4, 0.5) is 24.5 Å². The van der Waals surface area contributed by atoms with Gasteiger partial charge in [-0.1, -0.05) is 25.4 Å². The number of nitrogens with one attached hydrogen (secondary N) is 2. The fourth-order valence-corrected chi connectivity index (χ4v) is 3.37. The summed E-state index contributed by atoms with van der Waals surface area (Å²) >= 11 is 11.3. The summed E-state index contributed by atoms with van der Waals surface area (Å²) in [7, 11) is 0. The normalized spacial score (nSPS) is 14.6. The molecule has 0 atom stereocenters. The topological polar surface area (TPSA) is 64.7 Å². The molecule has 1 aliphatic heterocycles. The van der Waals surface area contributed by atoms with Crippen molar-refractivity contribution in [1.29, 1.82) is 0 Å². The van der Waals surface area contributed by atoms with Crippen molar-refractivity contribution in [3.05, 3.63) is 23.2 Å². The van der Waals surface area contributed by atoms with Crippen molar-refractivity contribution in [2.24, 2.45) is 5.92 Å². The van der Waals surface area contributed by atoms with Crippen LogP contribution in [0.5, 0.6) is 0 Å². The molecule has 1 aliphatic rings. The van der Waals surface area contributed by atoms with Gasteiger partial charge in [-0.2, -0.15) is 13.2 Å². The van der Waals surface area contributed by atoms with E-state index >= 15 is 0 Å². The Morgan fingerprint density at radius 1 is 1.20 bits per heavy atom. The molecule has 0 aromatic heterocycles. The van der Waals surface area contributed by atoms with Crippen LogP contribution in [-0.2, 0) is 9.59 Å². The molecule has 11 heteroatoms. The van der Waals surface area contributed by atoms with Gasteiger partial charge in [0, 0.05) is 37.6 Å². The lowest BCUT2D eigenvalue weighted by Gasteiger charge is -2.37. The van der Waals surface area contributed by atoms with Crippen molar-refractivity contribution in [1.82, 2.24) is 10.2 Å². The number of halogens is 4. The Kier molecular flexibility index (Phi) is 8.31. The molecule has 1 aromatic carbocycles. The molecule has 0 bridgehead atoms. The third-order valence-corrected chi connectivity index (χ3v) is 5.00. The number of amides is 2. The van der Waals surface area contributed by atoms with Gasteiger partial charge in [0.1, 0.15) is 0 Å². The molecule has 166 valence electrons. The molecular formula is C19H24ClF3N4O2S. The Morgan fingerprint density at radius 3 is 2.40 bits per heavy atom. The number of hydrogen-bond acceptors (Lipinski definition) is 4. The van der Waals surface area contributed by atoms with E-state index in [1.165, 1.54) is 0 Å². The first kappa shape index (κ1) is 24.2. The maximum atomic E-state index is 12.6. The van der Waals surface area contributed by atoms with Gasteiger partial charge < -0.3 is 20.4 Å². The molecule has 30 heavy (non-hydrogen) atoms. The molecule has 0 spiro atoms. The van der Waals surface area contributed by atoms with E-state index in [0.29, 0.717) is 28.7 Å². The smallest absolute Gasteiger partial charge is 0.366 e. The van der Waals surface area contributed by atoms with Crippen molar-refractivity contribution in [2.75, 3.05) is 36.4 Å². The van der Waals surface area contributed by atoms with Crippen molar-refractivity contribution in [3.63, 3.8) is 0 Å². The zero-order chi connectivity index (χ0) is 22.5. The molecule has 1 saturated heterocycles. The second kappa shape index (κ2) is 10.3. The number of nitrogens with zero attached hydrogens (tertiary/aromatic N) is 2. The third kappa shape index (κ3) is 7.02. The summed E-state index contributed by atoms with van der Waals surface area (Å²) in [6.07, 6.45) is -3.80. The van der Waals surface area contributed by atoms with E-state index in [-0.39, 0.29) is 37.2 Å². The zero-order valence-corrected chi connectivity index (χ0v) is 18.3. The summed E-state index contributed by atoms with van der Waals surface area (Å²) in [5.41, 5.74) is 1.18. The molecule has 2 rings (SSSR count). The molecule has 0 aliphatic carbocycles. The van der Waals surface area contributed by atoms with Gasteiger partial charge in [0.2, 0.25) is 5.91 Å². The Labute approximate surface area is 183 Å². The van der Waals surface area contributed by atoms with E-state index in [0.717, 1.165) is 11.3 Å². The van der Waals surface area contributed by atoms with Gasteiger partial charge >= 0.3 is 12.1 Å². The van der Waals surface area contributed by atoms with Crippen LogP contribution in [0.25, 0.3) is 0 Å². The molecule has 6 nitrogen and oxygen atoms in total. The number of thiocarbonyl (C=S) groups is 1. The monoisotopic (exact) mass is 464 g/mol. The highest BCUT2D eigenvalue weighted by molar-refractivity contribution is 7.80. The van der Waals surface area contributed by atoms with E-state index < -0.39 is 12.1 Å². The average Bonchev–Trinajstić information content (AvgIpc) is 2.65. The van der Waals surface area contributed by atoms with Gasteiger partial charge in [0.15, 0.2) is 5.11 Å². The van der Waals surface area contributed by atoms with E-state index in [9.17, 15) is 22.8 Å². The van der Waals surface area contributed by atoms with E-state index in [4.69, 9.17) is 23.8 Å². The number of alkyl halides is 3. The number of benzene rings is 1. The quantitative estimate of drug-likeness (QED) is 0.649. The van der Waals surface area contributed by atoms with Gasteiger partial charge in [0.25, 0.3) is 0 Å². The largest absolute Gasteiger partial charge is 0.471 e. The van der Waals surface area contributed by atoms with Crippen LogP contribution in [-0.4, -0.2) is 54.2 Å². The molecule has 1 heterocycles. The van der Waals surface area contributed by atoms with E-state index in [2.05, 4.69) is 10.6 Å². The molecule has 1 aromatic rings. The average molecular weight is 465 g/mol. The predicted molar refractivity (Wildman–Crippen MR) is 115 cm³/mol. The highest BCUT2D eigenvalue weighted by Crippen LogP contribution is 2.30. The SMILES string of the molecule is CC(C)CCC(=O)NC(=S)Nc1cc(Cl)ccc1N1CCN(C(=O)C(F)(F)F)CC1. The summed E-state index contributed by atoms with van der Waals surface area (Å²) in [5, 5.41) is 6.09. The molecule has 2 N–H and O–H groups in total. The van der Waals surface area contributed by atoms with Crippen LogP contribution >= 0.6 is 23.8 Å². The lowest BCUT2D eigenvalue weighted by Crippen LogP contribution is -2.52. The van der Waals surface area contributed by atoms with E-state index in [1.54, 1.807) is 18.2 Å². The van der Waals surface area contributed by atoms with Crippen LogP contribution in [0.3, 0.4) is 0 Å². The number of carbonyl (C=O) groups is 2. The number of piperazine rings is 1. The summed E-state index contributed by atoms with van der Waals surface area (Å²) in [6.45, 7) is 4.35. The first-order valence-electron chi connectivity index (χ1n) is 9.48.